The van der Waals surface area contributed by atoms with E-state index < -0.39 is 0 Å². The molecule has 0 fully saturated rings. The summed E-state index contributed by atoms with van der Waals surface area (Å²) < 4.78 is 6.23. The molecule has 2 nitrogen and oxygen atoms in total. The summed E-state index contributed by atoms with van der Waals surface area (Å²) >= 11 is 0. The second kappa shape index (κ2) is 4.77. The molecule has 0 saturated carbocycles. The predicted molar refractivity (Wildman–Crippen MR) is 82.9 cm³/mol. The zero-order chi connectivity index (χ0) is 14.5. The topological polar surface area (TPSA) is 16.4 Å². The minimum Gasteiger partial charge on any atom is -0.464 e. The molecule has 1 aromatic rings. The molecule has 1 unspecified atom stereocenters. The fourth-order valence-corrected chi connectivity index (χ4v) is 4.13. The fraction of sp³-hybridized carbons (Fsp3) is 0.667. The Morgan fingerprint density at radius 3 is 2.70 bits per heavy atom. The van der Waals surface area contributed by atoms with Crippen LogP contribution in [0.2, 0.25) is 0 Å². The molecule has 3 rings (SSSR count). The van der Waals surface area contributed by atoms with Crippen molar-refractivity contribution >= 4 is 0 Å². The van der Waals surface area contributed by atoms with Crippen molar-refractivity contribution in [2.45, 2.75) is 59.4 Å². The van der Waals surface area contributed by atoms with E-state index in [4.69, 9.17) is 4.42 Å². The highest BCUT2D eigenvalue weighted by atomic mass is 16.3. The van der Waals surface area contributed by atoms with Gasteiger partial charge < -0.3 is 9.32 Å². The van der Waals surface area contributed by atoms with Crippen molar-refractivity contribution in [2.24, 2.45) is 5.41 Å². The van der Waals surface area contributed by atoms with E-state index in [1.165, 1.54) is 41.9 Å². The Morgan fingerprint density at radius 1 is 1.25 bits per heavy atom. The van der Waals surface area contributed by atoms with Crippen LogP contribution in [0.5, 0.6) is 0 Å². The van der Waals surface area contributed by atoms with E-state index >= 15 is 0 Å². The van der Waals surface area contributed by atoms with Crippen LogP contribution in [-0.4, -0.2) is 19.0 Å². The first-order valence-corrected chi connectivity index (χ1v) is 7.84. The van der Waals surface area contributed by atoms with Crippen LogP contribution < -0.4 is 0 Å². The van der Waals surface area contributed by atoms with E-state index in [0.717, 1.165) is 19.4 Å². The van der Waals surface area contributed by atoms with E-state index in [2.05, 4.69) is 39.8 Å². The van der Waals surface area contributed by atoms with Gasteiger partial charge in [0.2, 0.25) is 0 Å². The average molecular weight is 273 g/mol. The second-order valence-corrected chi connectivity index (χ2v) is 7.32. The van der Waals surface area contributed by atoms with Gasteiger partial charge in [-0.15, -0.1) is 0 Å². The lowest BCUT2D eigenvalue weighted by Gasteiger charge is -2.40. The van der Waals surface area contributed by atoms with Crippen LogP contribution in [0, 0.1) is 12.3 Å². The number of hydrogen-bond donors (Lipinski definition) is 0. The van der Waals surface area contributed by atoms with Gasteiger partial charge in [0.05, 0.1) is 6.54 Å². The summed E-state index contributed by atoms with van der Waals surface area (Å²) in [7, 11) is 4.21. The molecule has 110 valence electrons. The van der Waals surface area contributed by atoms with Gasteiger partial charge in [-0.25, -0.2) is 0 Å². The van der Waals surface area contributed by atoms with Gasteiger partial charge in [0, 0.05) is 12.0 Å². The largest absolute Gasteiger partial charge is 0.464 e. The molecule has 2 heteroatoms. The smallest absolute Gasteiger partial charge is 0.121 e. The van der Waals surface area contributed by atoms with Gasteiger partial charge >= 0.3 is 0 Å². The lowest BCUT2D eigenvalue weighted by atomic mass is 9.64. The van der Waals surface area contributed by atoms with Crippen LogP contribution in [0.15, 0.2) is 15.6 Å². The Morgan fingerprint density at radius 2 is 2.00 bits per heavy atom. The van der Waals surface area contributed by atoms with Gasteiger partial charge in [-0.2, -0.15) is 0 Å². The zero-order valence-corrected chi connectivity index (χ0v) is 13.6. The van der Waals surface area contributed by atoms with E-state index in [1.54, 1.807) is 11.1 Å². The summed E-state index contributed by atoms with van der Waals surface area (Å²) in [6.07, 6.45) is 6.18. The van der Waals surface area contributed by atoms with Gasteiger partial charge in [-0.05, 0) is 64.6 Å². The quantitative estimate of drug-likeness (QED) is 0.749. The third kappa shape index (κ3) is 2.14. The number of nitrogens with zero attached hydrogens (tertiary/aromatic N) is 1. The molecule has 0 aliphatic heterocycles. The second-order valence-electron chi connectivity index (χ2n) is 7.32. The molecule has 0 N–H and O–H groups in total. The van der Waals surface area contributed by atoms with Crippen molar-refractivity contribution in [3.8, 4) is 0 Å². The minimum absolute atomic E-state index is 0.356. The third-order valence-electron chi connectivity index (χ3n) is 5.34. The van der Waals surface area contributed by atoms with Crippen LogP contribution in [0.1, 0.15) is 55.8 Å². The Labute approximate surface area is 122 Å². The molecule has 0 aromatic carbocycles. The summed E-state index contributed by atoms with van der Waals surface area (Å²) in [4.78, 5) is 2.19. The van der Waals surface area contributed by atoms with Crippen LogP contribution >= 0.6 is 0 Å². The highest BCUT2D eigenvalue weighted by molar-refractivity contribution is 5.43. The third-order valence-corrected chi connectivity index (χ3v) is 5.34. The molecule has 20 heavy (non-hydrogen) atoms. The van der Waals surface area contributed by atoms with E-state index in [0.29, 0.717) is 5.41 Å². The van der Waals surface area contributed by atoms with Gasteiger partial charge in [0.1, 0.15) is 11.5 Å². The highest BCUT2D eigenvalue weighted by Gasteiger charge is 2.39. The predicted octanol–water partition coefficient (Wildman–Crippen LogP) is 4.25. The van der Waals surface area contributed by atoms with Gasteiger partial charge in [0.25, 0.3) is 0 Å². The van der Waals surface area contributed by atoms with Crippen molar-refractivity contribution in [1.82, 2.24) is 4.90 Å². The van der Waals surface area contributed by atoms with E-state index in [9.17, 15) is 0 Å². The van der Waals surface area contributed by atoms with E-state index in [1.807, 2.05) is 0 Å². The molecule has 0 spiro atoms. The number of fused-ring (bicyclic) bond motifs is 2. The molecule has 0 radical (unpaired) electrons. The molecule has 1 atom stereocenters. The minimum atomic E-state index is 0.356. The first-order valence-electron chi connectivity index (χ1n) is 7.84. The lowest BCUT2D eigenvalue weighted by Crippen LogP contribution is -2.31. The summed E-state index contributed by atoms with van der Waals surface area (Å²) in [5.74, 6) is 2.43. The van der Waals surface area contributed by atoms with Gasteiger partial charge in [-0.1, -0.05) is 18.1 Å². The van der Waals surface area contributed by atoms with Gasteiger partial charge in [0.15, 0.2) is 0 Å². The number of rotatable bonds is 2. The molecular weight excluding hydrogens is 246 g/mol. The Bertz CT molecular complexity index is 564. The summed E-state index contributed by atoms with van der Waals surface area (Å²) in [6.45, 7) is 7.93. The van der Waals surface area contributed by atoms with Crippen LogP contribution in [0.3, 0.4) is 0 Å². The average Bonchev–Trinajstić information content (AvgIpc) is 2.62. The monoisotopic (exact) mass is 273 g/mol. The molecule has 0 amide bonds. The van der Waals surface area contributed by atoms with Crippen LogP contribution in [0.4, 0.5) is 0 Å². The van der Waals surface area contributed by atoms with Crippen molar-refractivity contribution in [1.29, 1.82) is 0 Å². The Kier molecular flexibility index (Phi) is 3.32. The first kappa shape index (κ1) is 13.9. The maximum atomic E-state index is 6.23. The normalized spacial score (nSPS) is 25.9. The molecule has 0 saturated heterocycles. The van der Waals surface area contributed by atoms with Crippen molar-refractivity contribution in [2.75, 3.05) is 14.1 Å². The lowest BCUT2D eigenvalue weighted by molar-refractivity contribution is 0.272. The Hall–Kier alpha value is -1.02. The highest BCUT2D eigenvalue weighted by Crippen LogP contribution is 2.49. The van der Waals surface area contributed by atoms with Crippen LogP contribution in [0.25, 0.3) is 0 Å². The number of furan rings is 1. The van der Waals surface area contributed by atoms with Crippen LogP contribution in [-0.2, 0) is 19.4 Å². The fourth-order valence-electron chi connectivity index (χ4n) is 4.13. The molecule has 0 bridgehead atoms. The molecule has 1 aromatic heterocycles. The molecule has 2 aliphatic carbocycles. The maximum Gasteiger partial charge on any atom is 0.121 e. The Balaban J connectivity index is 2.02. The van der Waals surface area contributed by atoms with Gasteiger partial charge in [-0.3, -0.25) is 0 Å². The summed E-state index contributed by atoms with van der Waals surface area (Å²) in [6, 6.07) is 0. The molecule has 2 aliphatic rings. The zero-order valence-electron chi connectivity index (χ0n) is 13.6. The number of hydrogen-bond acceptors (Lipinski definition) is 2. The van der Waals surface area contributed by atoms with Crippen molar-refractivity contribution < 1.29 is 4.42 Å². The molecular formula is C18H27NO. The van der Waals surface area contributed by atoms with Crippen molar-refractivity contribution in [3.05, 3.63) is 33.8 Å². The first-order chi connectivity index (χ1) is 9.40. The standard InChI is InChI=1S/C18H27NO/c1-12-7-6-8-18(3)10-16-14(9-15(12)18)13(2)17(20-16)11-19(4)5/h6-11H2,1-5H3. The number of allylic oxidation sites excluding steroid dienone is 2. The molecule has 1 heterocycles. The maximum absolute atomic E-state index is 6.23. The van der Waals surface area contributed by atoms with E-state index in [-0.39, 0.29) is 0 Å². The SMILES string of the molecule is CC1=C2Cc3c(oc(CN(C)C)c3C)CC2(C)CCC1. The van der Waals surface area contributed by atoms with Crippen molar-refractivity contribution in [3.63, 3.8) is 0 Å². The summed E-state index contributed by atoms with van der Waals surface area (Å²) in [5, 5.41) is 0. The summed E-state index contributed by atoms with van der Waals surface area (Å²) in [5.41, 5.74) is 6.57.